The number of nitrogens with one attached hydrogen (secondary N) is 1. The van der Waals surface area contributed by atoms with Gasteiger partial charge in [-0.2, -0.15) is 0 Å². The quantitative estimate of drug-likeness (QED) is 0.615. The third kappa shape index (κ3) is 6.68. The second-order valence-corrected chi connectivity index (χ2v) is 7.63. The summed E-state index contributed by atoms with van der Waals surface area (Å²) in [5, 5.41) is 12.4. The highest BCUT2D eigenvalue weighted by molar-refractivity contribution is 9.11. The van der Waals surface area contributed by atoms with Gasteiger partial charge in [0.05, 0.1) is 15.6 Å². The maximum atomic E-state index is 8.92. The molecule has 0 fully saturated rings. The van der Waals surface area contributed by atoms with Crippen molar-refractivity contribution in [3.8, 4) is 5.75 Å². The molecule has 1 aromatic carbocycles. The minimum Gasteiger partial charge on any atom is -0.492 e. The van der Waals surface area contributed by atoms with Crippen LogP contribution in [0.5, 0.6) is 5.75 Å². The van der Waals surface area contributed by atoms with Gasteiger partial charge >= 0.3 is 0 Å². The van der Waals surface area contributed by atoms with Gasteiger partial charge in [-0.25, -0.2) is 0 Å². The first-order valence-electron chi connectivity index (χ1n) is 7.32. The first-order chi connectivity index (χ1) is 9.89. The largest absolute Gasteiger partial charge is 0.492 e. The van der Waals surface area contributed by atoms with E-state index in [1.807, 2.05) is 6.92 Å². The Morgan fingerprint density at radius 3 is 2.38 bits per heavy atom. The van der Waals surface area contributed by atoms with Crippen LogP contribution in [0.3, 0.4) is 0 Å². The summed E-state index contributed by atoms with van der Waals surface area (Å²) in [5.74, 6) is 0.851. The maximum absolute atomic E-state index is 8.92. The molecule has 0 atom stereocenters. The summed E-state index contributed by atoms with van der Waals surface area (Å²) in [7, 11) is 0. The lowest BCUT2D eigenvalue weighted by Crippen LogP contribution is -2.29. The van der Waals surface area contributed by atoms with Gasteiger partial charge in [0.2, 0.25) is 0 Å². The average molecular weight is 423 g/mol. The van der Waals surface area contributed by atoms with E-state index in [0.717, 1.165) is 40.6 Å². The van der Waals surface area contributed by atoms with Gasteiger partial charge in [-0.05, 0) is 74.7 Å². The number of aliphatic hydroxyl groups excluding tert-OH is 1. The van der Waals surface area contributed by atoms with Gasteiger partial charge in [-0.1, -0.05) is 13.8 Å². The van der Waals surface area contributed by atoms with Gasteiger partial charge in [0.15, 0.2) is 0 Å². The van der Waals surface area contributed by atoms with Crippen LogP contribution in [-0.4, -0.2) is 24.9 Å². The fourth-order valence-electron chi connectivity index (χ4n) is 2.19. The molecular weight excluding hydrogens is 398 g/mol. The second kappa shape index (κ2) is 9.13. The summed E-state index contributed by atoms with van der Waals surface area (Å²) in [6, 6.07) is 4.17. The van der Waals surface area contributed by atoms with Crippen LogP contribution in [0, 0.1) is 5.41 Å². The van der Waals surface area contributed by atoms with Crippen LogP contribution in [0.1, 0.15) is 39.2 Å². The predicted molar refractivity (Wildman–Crippen MR) is 94.8 cm³/mol. The Morgan fingerprint density at radius 2 is 1.86 bits per heavy atom. The van der Waals surface area contributed by atoms with Gasteiger partial charge in [0.25, 0.3) is 0 Å². The minimum atomic E-state index is 0.197. The van der Waals surface area contributed by atoms with E-state index in [4.69, 9.17) is 9.84 Å². The van der Waals surface area contributed by atoms with Crippen molar-refractivity contribution in [1.82, 2.24) is 5.32 Å². The molecule has 0 heterocycles. The monoisotopic (exact) mass is 421 g/mol. The van der Waals surface area contributed by atoms with Gasteiger partial charge in [-0.15, -0.1) is 0 Å². The molecule has 1 aromatic rings. The molecular formula is C16H25Br2NO2. The highest BCUT2D eigenvalue weighted by Crippen LogP contribution is 2.34. The van der Waals surface area contributed by atoms with Gasteiger partial charge in [-0.3, -0.25) is 0 Å². The van der Waals surface area contributed by atoms with Crippen LogP contribution in [0.15, 0.2) is 21.1 Å². The third-order valence-electron chi connectivity index (χ3n) is 3.29. The predicted octanol–water partition coefficient (Wildman–Crippen LogP) is 4.50. The number of aliphatic hydroxyl groups is 1. The number of halogens is 2. The SMILES string of the molecule is CCOc1c(Br)cc(CNCC(C)(C)CCCO)cc1Br. The summed E-state index contributed by atoms with van der Waals surface area (Å²) in [6.45, 7) is 9.07. The molecule has 1 rings (SSSR count). The summed E-state index contributed by atoms with van der Waals surface area (Å²) >= 11 is 7.11. The first-order valence-corrected chi connectivity index (χ1v) is 8.90. The van der Waals surface area contributed by atoms with Crippen LogP contribution in [-0.2, 0) is 6.54 Å². The standard InChI is InChI=1S/C16H25Br2NO2/c1-4-21-15-13(17)8-12(9-14(15)18)10-19-11-16(2,3)6-5-7-20/h8-9,19-20H,4-7,10-11H2,1-3H3. The van der Waals surface area contributed by atoms with E-state index in [9.17, 15) is 0 Å². The van der Waals surface area contributed by atoms with E-state index in [1.165, 1.54) is 5.56 Å². The lowest BCUT2D eigenvalue weighted by Gasteiger charge is -2.25. The van der Waals surface area contributed by atoms with E-state index in [0.29, 0.717) is 6.61 Å². The summed E-state index contributed by atoms with van der Waals surface area (Å²) < 4.78 is 7.52. The van der Waals surface area contributed by atoms with Gasteiger partial charge in [0.1, 0.15) is 5.75 Å². The van der Waals surface area contributed by atoms with Crippen molar-refractivity contribution in [1.29, 1.82) is 0 Å². The molecule has 0 radical (unpaired) electrons. The normalized spacial score (nSPS) is 11.7. The summed E-state index contributed by atoms with van der Waals surface area (Å²) in [5.41, 5.74) is 1.40. The molecule has 0 aromatic heterocycles. The molecule has 0 saturated heterocycles. The van der Waals surface area contributed by atoms with Crippen LogP contribution < -0.4 is 10.1 Å². The summed E-state index contributed by atoms with van der Waals surface area (Å²) in [6.07, 6.45) is 1.88. The lowest BCUT2D eigenvalue weighted by molar-refractivity contribution is 0.236. The number of rotatable bonds is 9. The van der Waals surface area contributed by atoms with E-state index >= 15 is 0 Å². The molecule has 0 spiro atoms. The zero-order chi connectivity index (χ0) is 15.9. The van der Waals surface area contributed by atoms with Crippen LogP contribution in [0.25, 0.3) is 0 Å². The Kier molecular flexibility index (Phi) is 8.24. The Labute approximate surface area is 144 Å². The minimum absolute atomic E-state index is 0.197. The molecule has 0 aliphatic heterocycles. The highest BCUT2D eigenvalue weighted by Gasteiger charge is 2.16. The van der Waals surface area contributed by atoms with Crippen molar-refractivity contribution in [2.24, 2.45) is 5.41 Å². The van der Waals surface area contributed by atoms with E-state index < -0.39 is 0 Å². The van der Waals surface area contributed by atoms with Crippen molar-refractivity contribution < 1.29 is 9.84 Å². The summed E-state index contributed by atoms with van der Waals surface area (Å²) in [4.78, 5) is 0. The highest BCUT2D eigenvalue weighted by atomic mass is 79.9. The van der Waals surface area contributed by atoms with Crippen LogP contribution >= 0.6 is 31.9 Å². The molecule has 0 saturated carbocycles. The maximum Gasteiger partial charge on any atom is 0.147 e. The Morgan fingerprint density at radius 1 is 1.24 bits per heavy atom. The Hall–Kier alpha value is -0.100. The van der Waals surface area contributed by atoms with Crippen LogP contribution in [0.4, 0.5) is 0 Å². The van der Waals surface area contributed by atoms with Crippen molar-refractivity contribution in [3.05, 3.63) is 26.6 Å². The van der Waals surface area contributed by atoms with E-state index in [2.05, 4.69) is 63.2 Å². The number of hydrogen-bond donors (Lipinski definition) is 2. The third-order valence-corrected chi connectivity index (χ3v) is 4.47. The molecule has 0 amide bonds. The van der Waals surface area contributed by atoms with Crippen molar-refractivity contribution in [3.63, 3.8) is 0 Å². The second-order valence-electron chi connectivity index (χ2n) is 5.92. The molecule has 21 heavy (non-hydrogen) atoms. The molecule has 0 aliphatic carbocycles. The van der Waals surface area contributed by atoms with Gasteiger partial charge in [0, 0.05) is 19.7 Å². The number of hydrogen-bond acceptors (Lipinski definition) is 3. The fourth-order valence-corrected chi connectivity index (χ4v) is 3.70. The number of benzene rings is 1. The van der Waals surface area contributed by atoms with Crippen molar-refractivity contribution in [2.45, 2.75) is 40.2 Å². The fraction of sp³-hybridized carbons (Fsp3) is 0.625. The smallest absolute Gasteiger partial charge is 0.147 e. The first kappa shape index (κ1) is 18.9. The average Bonchev–Trinajstić information content (AvgIpc) is 2.40. The van der Waals surface area contributed by atoms with Crippen molar-refractivity contribution in [2.75, 3.05) is 19.8 Å². The lowest BCUT2D eigenvalue weighted by atomic mass is 9.88. The van der Waals surface area contributed by atoms with E-state index in [1.54, 1.807) is 0 Å². The molecule has 3 nitrogen and oxygen atoms in total. The van der Waals surface area contributed by atoms with Gasteiger partial charge < -0.3 is 15.2 Å². The molecule has 5 heteroatoms. The molecule has 0 aliphatic rings. The molecule has 120 valence electrons. The molecule has 0 unspecified atom stereocenters. The van der Waals surface area contributed by atoms with Crippen molar-refractivity contribution >= 4 is 31.9 Å². The zero-order valence-electron chi connectivity index (χ0n) is 13.0. The topological polar surface area (TPSA) is 41.5 Å². The van der Waals surface area contributed by atoms with E-state index in [-0.39, 0.29) is 12.0 Å². The Bertz CT molecular complexity index is 427. The number of ether oxygens (including phenoxy) is 1. The Balaban J connectivity index is 2.56. The molecule has 2 N–H and O–H groups in total. The zero-order valence-corrected chi connectivity index (χ0v) is 16.2. The van der Waals surface area contributed by atoms with Crippen LogP contribution in [0.2, 0.25) is 0 Å². The molecule has 0 bridgehead atoms.